The second-order valence-corrected chi connectivity index (χ2v) is 22.7. The molecule has 4 saturated carbocycles. The number of imide groups is 2. The summed E-state index contributed by atoms with van der Waals surface area (Å²) in [7, 11) is 0. The van der Waals surface area contributed by atoms with Crippen molar-refractivity contribution < 1.29 is 47.9 Å². The van der Waals surface area contributed by atoms with Crippen molar-refractivity contribution in [3.05, 3.63) is 58.7 Å². The summed E-state index contributed by atoms with van der Waals surface area (Å²) < 4.78 is 0. The summed E-state index contributed by atoms with van der Waals surface area (Å²) in [6.07, 6.45) is 14.4. The number of aromatic nitrogens is 2. The molecular formula is C54H69N9O10. The van der Waals surface area contributed by atoms with E-state index >= 15 is 0 Å². The van der Waals surface area contributed by atoms with Gasteiger partial charge in [0, 0.05) is 31.1 Å². The number of ketones is 1. The molecule has 7 aliphatic rings. The van der Waals surface area contributed by atoms with Crippen LogP contribution < -0.4 is 26.6 Å². The molecule has 4 heterocycles. The SMILES string of the molecule is CCC[C@H](NC(=O)[C@@H]1[C@H]2CCC[C@H]2CN1C(=O)[C@@H](NC(=O)[C@@H](NC(=O)c1cnc([C@H]2CCC(c3ccc4c(c3)C(=O)N(C3CCC(=O)NC3=O)C4=O)C2)cn1)C1CCCCC1)C(C)(C)C)C(=O)C(=O)NC1CC1. The highest BCUT2D eigenvalue weighted by Crippen LogP contribution is 2.45. The Labute approximate surface area is 425 Å². The summed E-state index contributed by atoms with van der Waals surface area (Å²) in [6.45, 7) is 7.74. The van der Waals surface area contributed by atoms with Gasteiger partial charge in [-0.2, -0.15) is 0 Å². The molecule has 19 heteroatoms. The lowest BCUT2D eigenvalue weighted by atomic mass is 9.82. The maximum absolute atomic E-state index is 14.9. The minimum Gasteiger partial charge on any atom is -0.347 e. The molecule has 390 valence electrons. The fraction of sp³-hybridized carbons (Fsp3) is 0.630. The molecule has 5 N–H and O–H groups in total. The first-order valence-corrected chi connectivity index (χ1v) is 26.7. The summed E-state index contributed by atoms with van der Waals surface area (Å²) in [5, 5.41) is 13.8. The van der Waals surface area contributed by atoms with Crippen LogP contribution in [0.25, 0.3) is 0 Å². The van der Waals surface area contributed by atoms with Crippen LogP contribution in [0.4, 0.5) is 0 Å². The Morgan fingerprint density at radius 3 is 2.22 bits per heavy atom. The van der Waals surface area contributed by atoms with E-state index in [4.69, 9.17) is 0 Å². The van der Waals surface area contributed by atoms with Crippen LogP contribution in [0.15, 0.2) is 30.6 Å². The van der Waals surface area contributed by atoms with Gasteiger partial charge in [-0.3, -0.25) is 63.1 Å². The Morgan fingerprint density at radius 2 is 1.53 bits per heavy atom. The first-order chi connectivity index (χ1) is 34.9. The molecule has 6 fully saturated rings. The van der Waals surface area contributed by atoms with Crippen LogP contribution in [-0.4, -0.2) is 122 Å². The van der Waals surface area contributed by atoms with Gasteiger partial charge in [0.1, 0.15) is 29.9 Å². The molecule has 9 amide bonds. The van der Waals surface area contributed by atoms with Gasteiger partial charge in [0.25, 0.3) is 23.6 Å². The van der Waals surface area contributed by atoms with Gasteiger partial charge < -0.3 is 26.2 Å². The molecular weight excluding hydrogens is 935 g/mol. The number of fused-ring (bicyclic) bond motifs is 2. The van der Waals surface area contributed by atoms with E-state index in [1.165, 1.54) is 6.20 Å². The highest BCUT2D eigenvalue weighted by molar-refractivity contribution is 6.38. The summed E-state index contributed by atoms with van der Waals surface area (Å²) in [5.41, 5.74) is 1.24. The van der Waals surface area contributed by atoms with E-state index < -0.39 is 94.6 Å². The quantitative estimate of drug-likeness (QED) is 0.119. The van der Waals surface area contributed by atoms with Crippen LogP contribution in [-0.2, 0) is 33.6 Å². The standard InChI is InChI=1S/C54H69N9O10/c1-5-10-37(44(65)50(70)57-33-18-19-33)58-49(69)43-34-14-9-13-32(34)27-62(43)53(73)45(54(2,3)4)61-48(68)42(28-11-7-6-8-12-28)60-46(66)39-26-55-38(25-56-39)31-16-15-29(23-31)30-17-20-35-36(24-30)52(72)63(51(35)71)40-21-22-41(64)59-47(40)67/h17,20,24-26,28-29,31-34,37,40,42-43,45H,5-16,18-19,21-23,27H2,1-4H3,(H,57,70)(H,58,69)(H,60,66)(H,61,68)(H,59,64,67)/t29?,31-,32-,34-,37-,40?,42-,43-,45+/m0/s1. The van der Waals surface area contributed by atoms with E-state index in [0.29, 0.717) is 37.9 Å². The third-order valence-corrected chi connectivity index (χ3v) is 16.6. The highest BCUT2D eigenvalue weighted by atomic mass is 16.2. The van der Waals surface area contributed by atoms with Crippen LogP contribution in [0.5, 0.6) is 0 Å². The normalized spacial score (nSPS) is 26.4. The number of likely N-dealkylation sites (tertiary alicyclic amines) is 1. The number of benzene rings is 1. The molecule has 0 radical (unpaired) electrons. The van der Waals surface area contributed by atoms with Gasteiger partial charge in [0.05, 0.1) is 29.1 Å². The number of rotatable bonds is 16. The van der Waals surface area contributed by atoms with Crippen molar-refractivity contribution >= 4 is 58.9 Å². The maximum atomic E-state index is 14.9. The van der Waals surface area contributed by atoms with E-state index in [0.717, 1.165) is 74.7 Å². The Bertz CT molecular complexity index is 2570. The van der Waals surface area contributed by atoms with Gasteiger partial charge >= 0.3 is 0 Å². The number of carbonyl (C=O) groups excluding carboxylic acids is 10. The van der Waals surface area contributed by atoms with Gasteiger partial charge in [-0.1, -0.05) is 65.9 Å². The molecule has 0 spiro atoms. The van der Waals surface area contributed by atoms with Crippen LogP contribution in [0, 0.1) is 23.2 Å². The molecule has 9 atom stereocenters. The number of piperidine rings is 1. The Balaban J connectivity index is 0.858. The molecule has 1 aromatic carbocycles. The van der Waals surface area contributed by atoms with Gasteiger partial charge in [0.2, 0.25) is 35.3 Å². The molecule has 9 rings (SSSR count). The first kappa shape index (κ1) is 51.5. The monoisotopic (exact) mass is 1000 g/mol. The predicted molar refractivity (Wildman–Crippen MR) is 263 cm³/mol. The molecule has 0 bridgehead atoms. The molecule has 2 aromatic rings. The Kier molecular flexibility index (Phi) is 15.0. The molecule has 4 aliphatic carbocycles. The molecule has 2 unspecified atom stereocenters. The summed E-state index contributed by atoms with van der Waals surface area (Å²) >= 11 is 0. The smallest absolute Gasteiger partial charge is 0.289 e. The molecule has 73 heavy (non-hydrogen) atoms. The van der Waals surface area contributed by atoms with Crippen LogP contribution in [0.1, 0.15) is 191 Å². The topological polar surface area (TPSA) is 263 Å². The Hall–Kier alpha value is -6.40. The van der Waals surface area contributed by atoms with Crippen molar-refractivity contribution in [2.75, 3.05) is 6.54 Å². The van der Waals surface area contributed by atoms with E-state index in [1.54, 1.807) is 23.2 Å². The zero-order valence-electron chi connectivity index (χ0n) is 42.3. The fourth-order valence-electron chi connectivity index (χ4n) is 12.4. The summed E-state index contributed by atoms with van der Waals surface area (Å²) in [5.74, 6) is -5.84. The van der Waals surface area contributed by atoms with Gasteiger partial charge in [-0.25, -0.2) is 4.98 Å². The zero-order chi connectivity index (χ0) is 51.9. The fourth-order valence-corrected chi connectivity index (χ4v) is 12.4. The lowest BCUT2D eigenvalue weighted by Gasteiger charge is -2.38. The van der Waals surface area contributed by atoms with Crippen molar-refractivity contribution in [2.45, 2.75) is 185 Å². The van der Waals surface area contributed by atoms with Gasteiger partial charge in [0.15, 0.2) is 0 Å². The second-order valence-electron chi connectivity index (χ2n) is 22.7. The minimum atomic E-state index is -1.07. The largest absolute Gasteiger partial charge is 0.347 e. The Morgan fingerprint density at radius 1 is 0.795 bits per heavy atom. The summed E-state index contributed by atoms with van der Waals surface area (Å²) in [6, 6.07) is 0.144. The average Bonchev–Trinajstić information content (AvgIpc) is 3.64. The molecule has 2 saturated heterocycles. The molecule has 3 aliphatic heterocycles. The number of nitrogens with one attached hydrogen (secondary N) is 5. The van der Waals surface area contributed by atoms with Crippen LogP contribution >= 0.6 is 0 Å². The van der Waals surface area contributed by atoms with E-state index in [-0.39, 0.29) is 71.7 Å². The van der Waals surface area contributed by atoms with Crippen molar-refractivity contribution in [3.63, 3.8) is 0 Å². The van der Waals surface area contributed by atoms with Crippen molar-refractivity contribution in [2.24, 2.45) is 23.2 Å². The highest BCUT2D eigenvalue weighted by Gasteiger charge is 2.53. The van der Waals surface area contributed by atoms with E-state index in [1.807, 2.05) is 33.8 Å². The lowest BCUT2D eigenvalue weighted by Crippen LogP contribution is -2.62. The molecule has 1 aromatic heterocycles. The van der Waals surface area contributed by atoms with Crippen molar-refractivity contribution in [1.29, 1.82) is 0 Å². The predicted octanol–water partition coefficient (Wildman–Crippen LogP) is 3.90. The van der Waals surface area contributed by atoms with Crippen LogP contribution in [0.3, 0.4) is 0 Å². The number of hydrogen-bond donors (Lipinski definition) is 5. The van der Waals surface area contributed by atoms with E-state index in [9.17, 15) is 47.9 Å². The van der Waals surface area contributed by atoms with Crippen molar-refractivity contribution in [1.82, 2.24) is 46.4 Å². The average molecular weight is 1000 g/mol. The third-order valence-electron chi connectivity index (χ3n) is 16.6. The van der Waals surface area contributed by atoms with E-state index in [2.05, 4.69) is 36.6 Å². The van der Waals surface area contributed by atoms with Gasteiger partial charge in [-0.15, -0.1) is 0 Å². The second kappa shape index (κ2) is 21.2. The number of carbonyl (C=O) groups is 10. The lowest BCUT2D eigenvalue weighted by molar-refractivity contribution is -0.146. The summed E-state index contributed by atoms with van der Waals surface area (Å²) in [4.78, 5) is 147. The molecule has 19 nitrogen and oxygen atoms in total. The number of Topliss-reactive ketones (excluding diaryl/α,β-unsaturated/α-hetero) is 1. The number of amides is 9. The van der Waals surface area contributed by atoms with Crippen LogP contribution in [0.2, 0.25) is 0 Å². The van der Waals surface area contributed by atoms with Crippen molar-refractivity contribution in [3.8, 4) is 0 Å². The third kappa shape index (κ3) is 10.8. The number of nitrogens with zero attached hydrogens (tertiary/aromatic N) is 4. The zero-order valence-corrected chi connectivity index (χ0v) is 42.3. The maximum Gasteiger partial charge on any atom is 0.289 e. The number of hydrogen-bond acceptors (Lipinski definition) is 12. The van der Waals surface area contributed by atoms with Gasteiger partial charge in [-0.05, 0) is 117 Å². The first-order valence-electron chi connectivity index (χ1n) is 26.7. The minimum absolute atomic E-state index is 0.00707.